The van der Waals surface area contributed by atoms with E-state index in [2.05, 4.69) is 26.0 Å². The molecule has 45 heavy (non-hydrogen) atoms. The average molecular weight is 646 g/mol. The molecular formula is C29H31ClF3N9O3. The summed E-state index contributed by atoms with van der Waals surface area (Å²) in [6, 6.07) is 6.17. The molecule has 0 atom stereocenters. The van der Waals surface area contributed by atoms with E-state index in [0.29, 0.717) is 25.7 Å². The second-order valence-corrected chi connectivity index (χ2v) is 11.8. The van der Waals surface area contributed by atoms with Crippen LogP contribution < -0.4 is 21.7 Å². The number of nitrogens with two attached hydrogens (primary N) is 1. The van der Waals surface area contributed by atoms with Crippen molar-refractivity contribution in [3.8, 4) is 17.3 Å². The number of nitrogens with zero attached hydrogens (tertiary/aromatic N) is 5. The van der Waals surface area contributed by atoms with Gasteiger partial charge in [-0.2, -0.15) is 23.5 Å². The van der Waals surface area contributed by atoms with Gasteiger partial charge in [-0.1, -0.05) is 11.6 Å². The van der Waals surface area contributed by atoms with E-state index < -0.39 is 17.8 Å². The van der Waals surface area contributed by atoms with E-state index in [9.17, 15) is 27.6 Å². The van der Waals surface area contributed by atoms with Crippen LogP contribution in [0.3, 0.4) is 0 Å². The number of alkyl halides is 3. The van der Waals surface area contributed by atoms with Crippen LogP contribution in [0.15, 0.2) is 30.6 Å². The highest BCUT2D eigenvalue weighted by Gasteiger charge is 2.39. The summed E-state index contributed by atoms with van der Waals surface area (Å²) in [5.41, 5.74) is 4.66. The normalized spacial score (nSPS) is 21.4. The van der Waals surface area contributed by atoms with Crippen LogP contribution in [0, 0.1) is 17.2 Å². The minimum atomic E-state index is -4.80. The topological polar surface area (TPSA) is 173 Å². The Kier molecular flexibility index (Phi) is 9.17. The lowest BCUT2D eigenvalue weighted by molar-refractivity contribution is -0.141. The monoisotopic (exact) mass is 645 g/mol. The summed E-state index contributed by atoms with van der Waals surface area (Å²) in [6.07, 6.45) is 1.70. The fraction of sp³-hybridized carbons (Fsp3) is 0.448. The van der Waals surface area contributed by atoms with Gasteiger partial charge in [0.05, 0.1) is 34.1 Å². The number of anilines is 1. The van der Waals surface area contributed by atoms with Crippen LogP contribution in [0.25, 0.3) is 11.3 Å². The van der Waals surface area contributed by atoms with E-state index in [1.54, 1.807) is 6.07 Å². The maximum Gasteiger partial charge on any atom is 0.435 e. The van der Waals surface area contributed by atoms with Gasteiger partial charge in [-0.3, -0.25) is 19.1 Å². The van der Waals surface area contributed by atoms with Crippen molar-refractivity contribution >= 4 is 35.0 Å². The lowest BCUT2D eigenvalue weighted by atomic mass is 9.80. The molecule has 238 valence electrons. The van der Waals surface area contributed by atoms with Gasteiger partial charge in [0.1, 0.15) is 6.54 Å². The third-order valence-electron chi connectivity index (χ3n) is 8.16. The van der Waals surface area contributed by atoms with Crippen molar-refractivity contribution in [2.24, 2.45) is 18.7 Å². The average Bonchev–Trinajstić information content (AvgIpc) is 3.56. The largest absolute Gasteiger partial charge is 0.435 e. The molecule has 2 aliphatic rings. The van der Waals surface area contributed by atoms with Gasteiger partial charge in [0, 0.05) is 43.0 Å². The summed E-state index contributed by atoms with van der Waals surface area (Å²) in [7, 11) is 1.38. The molecule has 3 aromatic rings. The van der Waals surface area contributed by atoms with Crippen molar-refractivity contribution < 1.29 is 27.6 Å². The Balaban J connectivity index is 1.18. The molecule has 2 aliphatic carbocycles. The fourth-order valence-corrected chi connectivity index (χ4v) is 5.91. The molecule has 2 saturated carbocycles. The second-order valence-electron chi connectivity index (χ2n) is 11.4. The molecule has 16 heteroatoms. The molecule has 3 amide bonds. The molecule has 2 heterocycles. The molecule has 0 spiro atoms. The van der Waals surface area contributed by atoms with Crippen LogP contribution in [0.4, 0.5) is 18.9 Å². The van der Waals surface area contributed by atoms with Gasteiger partial charge in [-0.05, 0) is 56.7 Å². The third kappa shape index (κ3) is 7.12. The Morgan fingerprint density at radius 2 is 1.78 bits per heavy atom. The summed E-state index contributed by atoms with van der Waals surface area (Å²) in [5, 5.41) is 21.1. The predicted molar refractivity (Wildman–Crippen MR) is 157 cm³/mol. The minimum Gasteiger partial charge on any atom is -0.353 e. The molecule has 5 rings (SSSR count). The van der Waals surface area contributed by atoms with Crippen molar-refractivity contribution in [2.45, 2.75) is 69.4 Å². The van der Waals surface area contributed by atoms with Crippen molar-refractivity contribution in [2.75, 3.05) is 5.32 Å². The zero-order valence-electron chi connectivity index (χ0n) is 24.2. The predicted octanol–water partition coefficient (Wildman–Crippen LogP) is 3.63. The highest BCUT2D eigenvalue weighted by Crippen LogP contribution is 2.36. The summed E-state index contributed by atoms with van der Waals surface area (Å²) in [6.45, 7) is -0.388. The standard InChI is InChI=1S/C29H31ClF3N9O3/c1-41-23(21-14-42(9-8-34)40-24(21)29(31,32)33)13-36-25(41)28(45)39-19-6-7-20(22(30)12-19)27(44)38-18-4-2-17(3-5-18)37-26(43)15-10-16(35)11-15/h6-7,12-18H,2-5,9-11,35H2,1H3,(H,37,43)(H,38,44)(H,39,45). The lowest BCUT2D eigenvalue weighted by Gasteiger charge is -2.34. The number of amides is 3. The van der Waals surface area contributed by atoms with E-state index in [1.165, 1.54) is 29.8 Å². The number of nitrogens with one attached hydrogen (secondary N) is 3. The first kappa shape index (κ1) is 32.0. The van der Waals surface area contributed by atoms with Crippen LogP contribution in [-0.4, -0.2) is 55.2 Å². The number of imidazole rings is 1. The van der Waals surface area contributed by atoms with Gasteiger partial charge >= 0.3 is 6.18 Å². The van der Waals surface area contributed by atoms with Crippen molar-refractivity contribution in [1.82, 2.24) is 30.0 Å². The molecule has 0 aliphatic heterocycles. The quantitative estimate of drug-likeness (QED) is 0.290. The van der Waals surface area contributed by atoms with E-state index in [1.807, 2.05) is 0 Å². The molecule has 5 N–H and O–H groups in total. The number of carbonyl (C=O) groups excluding carboxylic acids is 3. The van der Waals surface area contributed by atoms with Crippen LogP contribution in [0.1, 0.15) is 65.2 Å². The molecule has 2 fully saturated rings. The molecule has 0 saturated heterocycles. The van der Waals surface area contributed by atoms with Gasteiger partial charge < -0.3 is 26.3 Å². The molecule has 0 bridgehead atoms. The minimum absolute atomic E-state index is 0.00757. The van der Waals surface area contributed by atoms with Gasteiger partial charge in [-0.25, -0.2) is 4.98 Å². The summed E-state index contributed by atoms with van der Waals surface area (Å²) in [5.74, 6) is -1.25. The van der Waals surface area contributed by atoms with E-state index >= 15 is 0 Å². The molecule has 0 radical (unpaired) electrons. The smallest absolute Gasteiger partial charge is 0.353 e. The summed E-state index contributed by atoms with van der Waals surface area (Å²) in [4.78, 5) is 42.3. The van der Waals surface area contributed by atoms with Crippen LogP contribution in [-0.2, 0) is 24.6 Å². The maximum atomic E-state index is 13.6. The second kappa shape index (κ2) is 12.9. The highest BCUT2D eigenvalue weighted by molar-refractivity contribution is 6.34. The van der Waals surface area contributed by atoms with Crippen LogP contribution in [0.5, 0.6) is 0 Å². The number of benzene rings is 1. The fourth-order valence-electron chi connectivity index (χ4n) is 5.65. The van der Waals surface area contributed by atoms with Gasteiger partial charge in [0.15, 0.2) is 11.5 Å². The molecule has 12 nitrogen and oxygen atoms in total. The van der Waals surface area contributed by atoms with E-state index in [-0.39, 0.29) is 75.8 Å². The maximum absolute atomic E-state index is 13.6. The number of nitriles is 1. The Morgan fingerprint density at radius 3 is 2.38 bits per heavy atom. The number of aromatic nitrogens is 4. The first-order valence-corrected chi connectivity index (χ1v) is 14.7. The van der Waals surface area contributed by atoms with Crippen molar-refractivity contribution in [1.29, 1.82) is 5.26 Å². The number of carbonyl (C=O) groups is 3. The molecule has 0 unspecified atom stereocenters. The van der Waals surface area contributed by atoms with Crippen LogP contribution in [0.2, 0.25) is 5.02 Å². The van der Waals surface area contributed by atoms with Gasteiger partial charge in [0.25, 0.3) is 11.8 Å². The summed E-state index contributed by atoms with van der Waals surface area (Å²) < 4.78 is 42.9. The Labute approximate surface area is 261 Å². The van der Waals surface area contributed by atoms with Crippen LogP contribution >= 0.6 is 11.6 Å². The first-order valence-electron chi connectivity index (χ1n) is 14.4. The van der Waals surface area contributed by atoms with Crippen molar-refractivity contribution in [3.63, 3.8) is 0 Å². The zero-order valence-corrected chi connectivity index (χ0v) is 25.0. The zero-order chi connectivity index (χ0) is 32.5. The van der Waals surface area contributed by atoms with Gasteiger partial charge in [0.2, 0.25) is 5.91 Å². The van der Waals surface area contributed by atoms with E-state index in [0.717, 1.165) is 29.9 Å². The number of hydrogen-bond donors (Lipinski definition) is 4. The number of hydrogen-bond acceptors (Lipinski definition) is 7. The Bertz CT molecular complexity index is 1650. The molecule has 1 aromatic carbocycles. The number of rotatable bonds is 8. The highest BCUT2D eigenvalue weighted by atomic mass is 35.5. The summed E-state index contributed by atoms with van der Waals surface area (Å²) >= 11 is 6.39. The molecule has 2 aromatic heterocycles. The molecular weight excluding hydrogens is 615 g/mol. The van der Waals surface area contributed by atoms with Gasteiger partial charge in [-0.15, -0.1) is 0 Å². The van der Waals surface area contributed by atoms with Crippen molar-refractivity contribution in [3.05, 3.63) is 52.7 Å². The first-order chi connectivity index (χ1) is 21.3. The lowest BCUT2D eigenvalue weighted by Crippen LogP contribution is -2.49. The SMILES string of the molecule is Cn1c(-c2cn(CC#N)nc2C(F)(F)F)cnc1C(=O)Nc1ccc(C(=O)NC2CCC(NC(=O)C3CC(N)C3)CC2)c(Cl)c1. The Hall–Kier alpha value is -4.42. The third-order valence-corrected chi connectivity index (χ3v) is 8.47. The van der Waals surface area contributed by atoms with E-state index in [4.69, 9.17) is 22.6 Å². The number of halogens is 4. The Morgan fingerprint density at radius 1 is 1.11 bits per heavy atom.